The minimum atomic E-state index is -6.03. The monoisotopic (exact) mass is 896 g/mol. The SMILES string of the molecule is N#[C][Co-3]([C]#N)([C]#N)([C]#N)([C]#N)[C]#N.[CH3][Sn+]([CH3])[c]1ccccc1.[CH3][Sn+]([CH3])[c]1ccccc1.[CH3][Sn+]([CH3])[c]1ccccc1. The molecule has 0 spiro atoms. The van der Waals surface area contributed by atoms with Crippen LogP contribution in [-0.4, -0.2) is 59.3 Å². The molecule has 40 heavy (non-hydrogen) atoms. The summed E-state index contributed by atoms with van der Waals surface area (Å²) >= 11 is -3.07. The molecule has 3 rings (SSSR count). The first-order chi connectivity index (χ1) is 18.9. The Balaban J connectivity index is 0.000000513. The normalized spacial score (nSPS) is 10.5. The van der Waals surface area contributed by atoms with E-state index in [9.17, 15) is 0 Å². The van der Waals surface area contributed by atoms with Crippen molar-refractivity contribution in [1.29, 1.82) is 31.6 Å². The minimum absolute atomic E-state index is 1.02. The Labute approximate surface area is 259 Å². The Bertz CT molecular complexity index is 1240. The first kappa shape index (κ1) is 37.5. The third kappa shape index (κ3) is 10.5. The van der Waals surface area contributed by atoms with Gasteiger partial charge < -0.3 is 0 Å². The molecule has 0 fully saturated rings. The zero-order valence-electron chi connectivity index (χ0n) is 23.7. The molecule has 0 heterocycles. The van der Waals surface area contributed by atoms with E-state index in [1.54, 1.807) is 10.7 Å². The summed E-state index contributed by atoms with van der Waals surface area (Å²) in [6, 6.07) is 32.5. The third-order valence-electron chi connectivity index (χ3n) is 5.17. The average Bonchev–Trinajstić information content (AvgIpc) is 3.02. The van der Waals surface area contributed by atoms with Gasteiger partial charge in [-0.25, -0.2) is 0 Å². The molecule has 0 aromatic heterocycles. The summed E-state index contributed by atoms with van der Waals surface area (Å²) in [5.41, 5.74) is 0. The van der Waals surface area contributed by atoms with Gasteiger partial charge in [0, 0.05) is 0 Å². The van der Waals surface area contributed by atoms with E-state index in [1.165, 1.54) is 0 Å². The van der Waals surface area contributed by atoms with Crippen LogP contribution in [0.4, 0.5) is 0 Å². The molecule has 0 N–H and O–H groups in total. The number of rotatable bonds is 3. The van der Waals surface area contributed by atoms with Crippen LogP contribution in [-0.2, 0) is 10.5 Å². The van der Waals surface area contributed by atoms with E-state index in [0.717, 1.165) is 30.0 Å². The zero-order valence-corrected chi connectivity index (χ0v) is 33.3. The second-order valence-corrected chi connectivity index (χ2v) is 36.2. The van der Waals surface area contributed by atoms with Crippen LogP contribution in [0.15, 0.2) is 91.0 Å². The molecule has 0 aliphatic carbocycles. The Morgan fingerprint density at radius 2 is 0.550 bits per heavy atom. The van der Waals surface area contributed by atoms with Crippen molar-refractivity contribution in [2.45, 2.75) is 29.6 Å². The van der Waals surface area contributed by atoms with Gasteiger partial charge in [0.15, 0.2) is 0 Å². The van der Waals surface area contributed by atoms with Crippen molar-refractivity contribution in [3.05, 3.63) is 91.0 Å². The van der Waals surface area contributed by atoms with Gasteiger partial charge in [-0.05, 0) is 0 Å². The van der Waals surface area contributed by atoms with Crippen molar-refractivity contribution >= 4 is 70.0 Å². The fourth-order valence-corrected chi connectivity index (χ4v) is 10.7. The quantitative estimate of drug-likeness (QED) is 0.338. The van der Waals surface area contributed by atoms with E-state index < -0.39 is 69.8 Å². The maximum atomic E-state index is 8.58. The third-order valence-corrected chi connectivity index (χ3v) is 21.4. The number of hydrogen-bond donors (Lipinski definition) is 0. The van der Waals surface area contributed by atoms with Crippen LogP contribution < -0.4 is 10.7 Å². The van der Waals surface area contributed by atoms with Gasteiger partial charge in [0.2, 0.25) is 0 Å². The second-order valence-electron chi connectivity index (χ2n) is 8.80. The number of nitrogens with zero attached hydrogens (tertiary/aromatic N) is 6. The summed E-state index contributed by atoms with van der Waals surface area (Å²) in [6.07, 6.45) is 0. The molecular weight excluding hydrogens is 859 g/mol. The standard InChI is InChI=1S/3C6H5.6CN.6CH3.Co.3Sn/c3*1-2-4-6-5-3-1;6*1-2;;;;;;;;;;/h3*1-5H;;;;;;;6*1H3;;;;/q;;;;;;;;;;;;;;;-3;3*+1. The van der Waals surface area contributed by atoms with Gasteiger partial charge in [0.25, 0.3) is 0 Å². The van der Waals surface area contributed by atoms with E-state index in [1.807, 2.05) is 0 Å². The van der Waals surface area contributed by atoms with Crippen molar-refractivity contribution < 1.29 is 10.5 Å². The number of benzene rings is 3. The van der Waals surface area contributed by atoms with Crippen LogP contribution >= 0.6 is 0 Å². The molecule has 0 saturated heterocycles. The van der Waals surface area contributed by atoms with E-state index in [0.29, 0.717) is 0 Å². The predicted molar refractivity (Wildman–Crippen MR) is 164 cm³/mol. The molecule has 6 nitrogen and oxygen atoms in total. The van der Waals surface area contributed by atoms with Crippen molar-refractivity contribution in [3.8, 4) is 30.0 Å². The molecule has 204 valence electrons. The van der Waals surface area contributed by atoms with E-state index >= 15 is 0 Å². The van der Waals surface area contributed by atoms with Crippen molar-refractivity contribution in [3.63, 3.8) is 0 Å². The maximum absolute atomic E-state index is 8.58. The summed E-state index contributed by atoms with van der Waals surface area (Å²) in [5, 5.41) is 57.6. The molecule has 0 radical (unpaired) electrons. The second kappa shape index (κ2) is 17.3. The fraction of sp³-hybridized carbons (Fsp3) is 0.200. The van der Waals surface area contributed by atoms with Gasteiger partial charge in [0.05, 0.1) is 0 Å². The summed E-state index contributed by atoms with van der Waals surface area (Å²) in [7, 11) is -6.03. The Hall–Kier alpha value is -2.50. The molecule has 0 amide bonds. The van der Waals surface area contributed by atoms with Gasteiger partial charge in [0.1, 0.15) is 0 Å². The van der Waals surface area contributed by atoms with Gasteiger partial charge in [-0.1, -0.05) is 0 Å². The molecule has 0 aliphatic heterocycles. The van der Waals surface area contributed by atoms with Crippen LogP contribution in [0.5, 0.6) is 0 Å². The Morgan fingerprint density at radius 3 is 0.625 bits per heavy atom. The average molecular weight is 893 g/mol. The summed E-state index contributed by atoms with van der Waals surface area (Å²) in [6.45, 7) is 0. The van der Waals surface area contributed by atoms with E-state index in [4.69, 9.17) is 31.6 Å². The molecular formula is C30H33CoN6Sn3. The molecule has 10 heteroatoms. The Morgan fingerprint density at radius 1 is 0.375 bits per heavy atom. The molecule has 0 bridgehead atoms. The summed E-state index contributed by atoms with van der Waals surface area (Å²) in [4.78, 5) is 14.4. The van der Waals surface area contributed by atoms with Gasteiger partial charge in [-0.3, -0.25) is 0 Å². The van der Waals surface area contributed by atoms with Gasteiger partial charge in [-0.15, -0.1) is 0 Å². The molecule has 3 aromatic rings. The first-order valence-corrected chi connectivity index (χ1v) is 36.4. The van der Waals surface area contributed by atoms with Gasteiger partial charge in [-0.2, -0.15) is 0 Å². The van der Waals surface area contributed by atoms with Crippen LogP contribution in [0.25, 0.3) is 0 Å². The van der Waals surface area contributed by atoms with E-state index in [-0.39, 0.29) is 0 Å². The molecule has 3 aromatic carbocycles. The van der Waals surface area contributed by atoms with Crippen LogP contribution in [0.2, 0.25) is 29.6 Å². The number of hydrogen-bond acceptors (Lipinski definition) is 6. The molecule has 0 atom stereocenters. The number of nitriles is 6. The summed E-state index contributed by atoms with van der Waals surface area (Å²) in [5.74, 6) is 0. The first-order valence-electron chi connectivity index (χ1n) is 11.8. The van der Waals surface area contributed by atoms with Crippen molar-refractivity contribution in [2.24, 2.45) is 0 Å². The van der Waals surface area contributed by atoms with Crippen LogP contribution in [0.1, 0.15) is 0 Å². The van der Waals surface area contributed by atoms with Crippen molar-refractivity contribution in [2.75, 3.05) is 0 Å². The van der Waals surface area contributed by atoms with E-state index in [2.05, 4.69) is 121 Å². The zero-order chi connectivity index (χ0) is 30.7. The predicted octanol–water partition coefficient (Wildman–Crippen LogP) is 5.04. The molecule has 0 unspecified atom stereocenters. The molecule has 0 saturated carbocycles. The summed E-state index contributed by atoms with van der Waals surface area (Å²) < 4.78 is 4.83. The molecule has 0 aliphatic rings. The topological polar surface area (TPSA) is 143 Å². The van der Waals surface area contributed by atoms with Crippen molar-refractivity contribution in [1.82, 2.24) is 0 Å². The van der Waals surface area contributed by atoms with Gasteiger partial charge >= 0.3 is 263 Å². The van der Waals surface area contributed by atoms with Crippen LogP contribution in [0.3, 0.4) is 0 Å². The fourth-order valence-electron chi connectivity index (χ4n) is 2.56. The Kier molecular flexibility index (Phi) is 16.3. The van der Waals surface area contributed by atoms with Crippen LogP contribution in [0, 0.1) is 61.6 Å².